The van der Waals surface area contributed by atoms with Crippen molar-refractivity contribution in [3.63, 3.8) is 0 Å². The molecule has 5 rings (SSSR count). The second-order valence-electron chi connectivity index (χ2n) is 6.95. The molecule has 1 fully saturated rings. The number of H-pyrrole nitrogens is 1. The van der Waals surface area contributed by atoms with Crippen LogP contribution in [0.5, 0.6) is 0 Å². The van der Waals surface area contributed by atoms with Gasteiger partial charge in [-0.3, -0.25) is 14.5 Å². The number of nitrogens with one attached hydrogen (secondary N) is 1. The van der Waals surface area contributed by atoms with Crippen LogP contribution in [0, 0.1) is 0 Å². The number of aryl methyl sites for hydroxylation is 2. The molecule has 1 unspecified atom stereocenters. The molecule has 0 bridgehead atoms. The summed E-state index contributed by atoms with van der Waals surface area (Å²) >= 11 is 0. The monoisotopic (exact) mass is 363 g/mol. The first-order valence-electron chi connectivity index (χ1n) is 9.31. The average Bonchev–Trinajstić information content (AvgIpc) is 3.38. The topological polar surface area (TPSA) is 84.6 Å². The summed E-state index contributed by atoms with van der Waals surface area (Å²) in [5.41, 5.74) is 2.59. The minimum Gasteiger partial charge on any atom is -0.332 e. The Kier molecular flexibility index (Phi) is 3.53. The van der Waals surface area contributed by atoms with Crippen molar-refractivity contribution in [3.05, 3.63) is 46.6 Å². The summed E-state index contributed by atoms with van der Waals surface area (Å²) in [6.07, 6.45) is 3.57. The van der Waals surface area contributed by atoms with E-state index in [0.29, 0.717) is 17.0 Å². The van der Waals surface area contributed by atoms with Gasteiger partial charge in [0.15, 0.2) is 5.65 Å². The first kappa shape index (κ1) is 16.0. The van der Waals surface area contributed by atoms with E-state index in [-0.39, 0.29) is 11.6 Å². The van der Waals surface area contributed by atoms with Gasteiger partial charge in [-0.15, -0.1) is 0 Å². The summed E-state index contributed by atoms with van der Waals surface area (Å²) in [6, 6.07) is 8.30. The van der Waals surface area contributed by atoms with Crippen molar-refractivity contribution in [1.82, 2.24) is 29.3 Å². The van der Waals surface area contributed by atoms with Crippen molar-refractivity contribution in [2.45, 2.75) is 32.4 Å². The molecule has 8 nitrogen and oxygen atoms in total. The maximum atomic E-state index is 12.5. The third-order valence-corrected chi connectivity index (χ3v) is 5.41. The lowest BCUT2D eigenvalue weighted by atomic mass is 10.2. The minimum atomic E-state index is -0.155. The summed E-state index contributed by atoms with van der Waals surface area (Å²) in [5.74, 6) is 1.62. The zero-order valence-electron chi connectivity index (χ0n) is 15.4. The van der Waals surface area contributed by atoms with Crippen molar-refractivity contribution in [3.8, 4) is 0 Å². The van der Waals surface area contributed by atoms with Crippen molar-refractivity contribution in [1.29, 1.82) is 0 Å². The van der Waals surface area contributed by atoms with Gasteiger partial charge in [-0.2, -0.15) is 10.1 Å². The van der Waals surface area contributed by atoms with E-state index >= 15 is 0 Å². The van der Waals surface area contributed by atoms with Crippen LogP contribution < -0.4 is 10.5 Å². The normalized spacial score (nSPS) is 17.4. The molecular weight excluding hydrogens is 342 g/mol. The molecule has 1 aliphatic heterocycles. The highest BCUT2D eigenvalue weighted by Gasteiger charge is 2.32. The molecule has 27 heavy (non-hydrogen) atoms. The number of fused-ring (bicyclic) bond motifs is 2. The molecule has 8 heteroatoms. The number of imidazole rings is 1. The van der Waals surface area contributed by atoms with E-state index in [0.717, 1.165) is 42.8 Å². The van der Waals surface area contributed by atoms with E-state index in [4.69, 9.17) is 9.97 Å². The number of benzene rings is 1. The molecule has 3 aromatic heterocycles. The summed E-state index contributed by atoms with van der Waals surface area (Å²) in [4.78, 5) is 27.2. The van der Waals surface area contributed by atoms with Crippen LogP contribution >= 0.6 is 0 Å². The summed E-state index contributed by atoms with van der Waals surface area (Å²) in [7, 11) is 1.80. The van der Waals surface area contributed by atoms with Crippen LogP contribution in [0.3, 0.4) is 0 Å². The molecule has 138 valence electrons. The lowest BCUT2D eigenvalue weighted by Crippen LogP contribution is -2.29. The summed E-state index contributed by atoms with van der Waals surface area (Å²) in [6.45, 7) is 3.83. The molecule has 1 saturated heterocycles. The molecule has 1 aliphatic rings. The Morgan fingerprint density at radius 1 is 1.26 bits per heavy atom. The highest BCUT2D eigenvalue weighted by atomic mass is 16.1. The maximum Gasteiger partial charge on any atom is 0.263 e. The largest absolute Gasteiger partial charge is 0.332 e. The van der Waals surface area contributed by atoms with Gasteiger partial charge in [0.1, 0.15) is 11.2 Å². The number of hydrogen-bond acceptors (Lipinski definition) is 5. The highest BCUT2D eigenvalue weighted by Crippen LogP contribution is 2.35. The van der Waals surface area contributed by atoms with Gasteiger partial charge in [0, 0.05) is 20.1 Å². The smallest absolute Gasteiger partial charge is 0.263 e. The Morgan fingerprint density at radius 2 is 2.11 bits per heavy atom. The summed E-state index contributed by atoms with van der Waals surface area (Å²) in [5, 5.41) is 4.67. The first-order chi connectivity index (χ1) is 13.2. The number of hydrogen-bond donors (Lipinski definition) is 1. The van der Waals surface area contributed by atoms with Gasteiger partial charge in [0.25, 0.3) is 5.56 Å². The third-order valence-electron chi connectivity index (χ3n) is 5.41. The van der Waals surface area contributed by atoms with Gasteiger partial charge in [0.2, 0.25) is 5.95 Å². The lowest BCUT2D eigenvalue weighted by Gasteiger charge is -2.25. The van der Waals surface area contributed by atoms with Gasteiger partial charge >= 0.3 is 0 Å². The highest BCUT2D eigenvalue weighted by molar-refractivity contribution is 5.76. The second kappa shape index (κ2) is 5.94. The molecule has 4 aromatic rings. The van der Waals surface area contributed by atoms with E-state index in [2.05, 4.69) is 32.5 Å². The second-order valence-corrected chi connectivity index (χ2v) is 6.95. The third kappa shape index (κ3) is 2.36. The fourth-order valence-electron chi connectivity index (χ4n) is 4.13. The molecule has 1 N–H and O–H groups in total. The Balaban J connectivity index is 1.64. The molecule has 4 heterocycles. The quantitative estimate of drug-likeness (QED) is 0.604. The number of anilines is 1. The van der Waals surface area contributed by atoms with Gasteiger partial charge in [0.05, 0.1) is 23.3 Å². The number of aromatic amines is 1. The average molecular weight is 363 g/mol. The fraction of sp³-hybridized carbons (Fsp3) is 0.368. The van der Waals surface area contributed by atoms with Crippen molar-refractivity contribution in [2.75, 3.05) is 11.4 Å². The van der Waals surface area contributed by atoms with Crippen LogP contribution in [0.1, 0.15) is 31.6 Å². The van der Waals surface area contributed by atoms with Crippen LogP contribution in [0.25, 0.3) is 22.1 Å². The lowest BCUT2D eigenvalue weighted by molar-refractivity contribution is 0.601. The predicted octanol–water partition coefficient (Wildman–Crippen LogP) is 2.37. The SMILES string of the molecule is CCn1c(C2CCCN2c2nc3c(cnn3C)c(=O)[nH]2)nc2ccccc21. The molecule has 0 radical (unpaired) electrons. The van der Waals surface area contributed by atoms with Crippen LogP contribution in [0.2, 0.25) is 0 Å². The van der Waals surface area contributed by atoms with E-state index in [9.17, 15) is 4.79 Å². The number of rotatable bonds is 3. The van der Waals surface area contributed by atoms with E-state index < -0.39 is 0 Å². The van der Waals surface area contributed by atoms with Gasteiger partial charge in [-0.05, 0) is 31.9 Å². The maximum absolute atomic E-state index is 12.5. The Labute approximate surface area is 155 Å². The number of nitrogens with zero attached hydrogens (tertiary/aromatic N) is 6. The van der Waals surface area contributed by atoms with Crippen molar-refractivity contribution in [2.24, 2.45) is 7.05 Å². The van der Waals surface area contributed by atoms with E-state index in [1.807, 2.05) is 18.2 Å². The van der Waals surface area contributed by atoms with Crippen LogP contribution in [-0.4, -0.2) is 35.8 Å². The molecule has 0 spiro atoms. The Morgan fingerprint density at radius 3 is 2.96 bits per heavy atom. The predicted molar refractivity (Wildman–Crippen MR) is 104 cm³/mol. The zero-order chi connectivity index (χ0) is 18.5. The van der Waals surface area contributed by atoms with E-state index in [1.165, 1.54) is 0 Å². The summed E-state index contributed by atoms with van der Waals surface area (Å²) < 4.78 is 3.90. The molecule has 1 atom stereocenters. The fourth-order valence-corrected chi connectivity index (χ4v) is 4.13. The van der Waals surface area contributed by atoms with Crippen LogP contribution in [-0.2, 0) is 13.6 Å². The van der Waals surface area contributed by atoms with Gasteiger partial charge < -0.3 is 9.47 Å². The molecule has 0 aliphatic carbocycles. The van der Waals surface area contributed by atoms with Crippen LogP contribution in [0.4, 0.5) is 5.95 Å². The number of para-hydroxylation sites is 2. The molecule has 0 saturated carbocycles. The number of aromatic nitrogens is 6. The van der Waals surface area contributed by atoms with E-state index in [1.54, 1.807) is 17.9 Å². The van der Waals surface area contributed by atoms with Crippen LogP contribution in [0.15, 0.2) is 35.3 Å². The Bertz CT molecular complexity index is 1200. The first-order valence-corrected chi connectivity index (χ1v) is 9.31. The molecule has 0 amide bonds. The zero-order valence-corrected chi connectivity index (χ0v) is 15.4. The minimum absolute atomic E-state index is 0.0891. The molecular formula is C19H21N7O. The van der Waals surface area contributed by atoms with Gasteiger partial charge in [-0.1, -0.05) is 12.1 Å². The van der Waals surface area contributed by atoms with Crippen molar-refractivity contribution >= 4 is 28.0 Å². The molecule has 1 aromatic carbocycles. The van der Waals surface area contributed by atoms with Gasteiger partial charge in [-0.25, -0.2) is 4.98 Å². The van der Waals surface area contributed by atoms with Crippen molar-refractivity contribution < 1.29 is 0 Å². The Hall–Kier alpha value is -3.16. The standard InChI is InChI=1S/C19H21N7O/c1-3-25-14-8-5-4-7-13(14)21-17(25)15-9-6-10-26(15)19-22-16-12(18(27)23-19)11-20-24(16)2/h4-5,7-8,11,15H,3,6,9-10H2,1-2H3,(H,22,23,27).